The first-order chi connectivity index (χ1) is 12.7. The SMILES string of the molecule is CCNC(=NCCc1sc(C)nc1C)N1CCN(c2ccccc2)CC1.I. The summed E-state index contributed by atoms with van der Waals surface area (Å²) in [7, 11) is 0. The molecule has 0 bridgehead atoms. The van der Waals surface area contributed by atoms with Crippen LogP contribution in [0, 0.1) is 13.8 Å². The zero-order valence-electron chi connectivity index (χ0n) is 16.4. The summed E-state index contributed by atoms with van der Waals surface area (Å²) in [6, 6.07) is 10.7. The highest BCUT2D eigenvalue weighted by Gasteiger charge is 2.19. The molecule has 0 radical (unpaired) electrons. The lowest BCUT2D eigenvalue weighted by atomic mass is 10.2. The largest absolute Gasteiger partial charge is 0.368 e. The van der Waals surface area contributed by atoms with Gasteiger partial charge in [-0.05, 0) is 32.9 Å². The summed E-state index contributed by atoms with van der Waals surface area (Å²) in [5.41, 5.74) is 2.47. The molecule has 0 aliphatic carbocycles. The van der Waals surface area contributed by atoms with Crippen molar-refractivity contribution in [2.75, 3.05) is 44.2 Å². The second kappa shape index (κ2) is 10.8. The van der Waals surface area contributed by atoms with Gasteiger partial charge in [-0.1, -0.05) is 18.2 Å². The molecule has 0 amide bonds. The summed E-state index contributed by atoms with van der Waals surface area (Å²) >= 11 is 1.79. The van der Waals surface area contributed by atoms with Crippen LogP contribution in [0.15, 0.2) is 35.3 Å². The number of anilines is 1. The number of rotatable bonds is 5. The van der Waals surface area contributed by atoms with Crippen molar-refractivity contribution in [3.05, 3.63) is 45.9 Å². The second-order valence-electron chi connectivity index (χ2n) is 6.54. The summed E-state index contributed by atoms with van der Waals surface area (Å²) in [6.07, 6.45) is 0.968. The number of nitrogens with one attached hydrogen (secondary N) is 1. The number of para-hydroxylation sites is 1. The molecule has 0 unspecified atom stereocenters. The molecule has 1 aromatic heterocycles. The van der Waals surface area contributed by atoms with Crippen LogP contribution < -0.4 is 10.2 Å². The number of hydrogen-bond donors (Lipinski definition) is 1. The second-order valence-corrected chi connectivity index (χ2v) is 7.82. The molecular weight excluding hydrogens is 469 g/mol. The Hall–Kier alpha value is -1.35. The summed E-state index contributed by atoms with van der Waals surface area (Å²) in [5, 5.41) is 4.60. The number of aliphatic imine (C=N–C) groups is 1. The molecular formula is C20H30IN5S. The predicted octanol–water partition coefficient (Wildman–Crippen LogP) is 3.71. The Balaban J connectivity index is 0.00000261. The predicted molar refractivity (Wildman–Crippen MR) is 127 cm³/mol. The van der Waals surface area contributed by atoms with Crippen LogP contribution in [0.3, 0.4) is 0 Å². The summed E-state index contributed by atoms with van der Waals surface area (Å²) < 4.78 is 0. The highest BCUT2D eigenvalue weighted by atomic mass is 127. The molecule has 0 atom stereocenters. The topological polar surface area (TPSA) is 43.8 Å². The zero-order valence-corrected chi connectivity index (χ0v) is 19.6. The molecule has 1 fully saturated rings. The Labute approximate surface area is 183 Å². The van der Waals surface area contributed by atoms with Crippen molar-refractivity contribution in [2.45, 2.75) is 27.2 Å². The molecule has 0 saturated carbocycles. The lowest BCUT2D eigenvalue weighted by molar-refractivity contribution is 0.372. The third-order valence-electron chi connectivity index (χ3n) is 4.64. The molecule has 2 heterocycles. The average Bonchev–Trinajstić information content (AvgIpc) is 2.99. The van der Waals surface area contributed by atoms with E-state index in [-0.39, 0.29) is 24.0 Å². The van der Waals surface area contributed by atoms with E-state index in [1.54, 1.807) is 11.3 Å². The Morgan fingerprint density at radius 3 is 2.44 bits per heavy atom. The lowest BCUT2D eigenvalue weighted by Crippen LogP contribution is -2.52. The Morgan fingerprint density at radius 1 is 1.15 bits per heavy atom. The van der Waals surface area contributed by atoms with E-state index < -0.39 is 0 Å². The molecule has 7 heteroatoms. The van der Waals surface area contributed by atoms with Crippen molar-refractivity contribution in [2.24, 2.45) is 4.99 Å². The maximum atomic E-state index is 4.87. The third kappa shape index (κ3) is 6.07. The van der Waals surface area contributed by atoms with Gasteiger partial charge in [-0.3, -0.25) is 4.99 Å². The van der Waals surface area contributed by atoms with Gasteiger partial charge in [0.1, 0.15) is 0 Å². The van der Waals surface area contributed by atoms with Gasteiger partial charge in [-0.2, -0.15) is 0 Å². The number of benzene rings is 1. The minimum atomic E-state index is 0. The summed E-state index contributed by atoms with van der Waals surface area (Å²) in [4.78, 5) is 15.6. The van der Waals surface area contributed by atoms with Crippen LogP contribution in [-0.2, 0) is 6.42 Å². The van der Waals surface area contributed by atoms with E-state index in [0.717, 1.165) is 62.4 Å². The Morgan fingerprint density at radius 2 is 1.85 bits per heavy atom. The van der Waals surface area contributed by atoms with Crippen LogP contribution in [0.5, 0.6) is 0 Å². The van der Waals surface area contributed by atoms with E-state index in [1.165, 1.54) is 10.6 Å². The normalized spacial score (nSPS) is 14.9. The van der Waals surface area contributed by atoms with Gasteiger partial charge in [0.05, 0.1) is 10.7 Å². The lowest BCUT2D eigenvalue weighted by Gasteiger charge is -2.37. The minimum absolute atomic E-state index is 0. The van der Waals surface area contributed by atoms with Crippen LogP contribution in [0.4, 0.5) is 5.69 Å². The summed E-state index contributed by atoms with van der Waals surface area (Å²) in [6.45, 7) is 12.1. The molecule has 27 heavy (non-hydrogen) atoms. The molecule has 1 aliphatic rings. The van der Waals surface area contributed by atoms with Crippen LogP contribution in [0.1, 0.15) is 22.5 Å². The zero-order chi connectivity index (χ0) is 18.4. The van der Waals surface area contributed by atoms with E-state index in [1.807, 2.05) is 0 Å². The first-order valence-corrected chi connectivity index (χ1v) is 10.2. The van der Waals surface area contributed by atoms with E-state index >= 15 is 0 Å². The van der Waals surface area contributed by atoms with Crippen molar-refractivity contribution < 1.29 is 0 Å². The fourth-order valence-corrected chi connectivity index (χ4v) is 4.24. The average molecular weight is 499 g/mol. The number of piperazine rings is 1. The quantitative estimate of drug-likeness (QED) is 0.387. The number of halogens is 1. The number of thiazole rings is 1. The van der Waals surface area contributed by atoms with Crippen LogP contribution in [0.25, 0.3) is 0 Å². The molecule has 1 saturated heterocycles. The first-order valence-electron chi connectivity index (χ1n) is 9.43. The third-order valence-corrected chi connectivity index (χ3v) is 5.77. The fourth-order valence-electron chi connectivity index (χ4n) is 3.31. The van der Waals surface area contributed by atoms with Gasteiger partial charge in [-0.25, -0.2) is 4.98 Å². The van der Waals surface area contributed by atoms with Crippen molar-refractivity contribution in [1.82, 2.24) is 15.2 Å². The van der Waals surface area contributed by atoms with Gasteiger partial charge in [-0.15, -0.1) is 35.3 Å². The molecule has 148 valence electrons. The number of guanidine groups is 1. The van der Waals surface area contributed by atoms with Crippen molar-refractivity contribution in [3.63, 3.8) is 0 Å². The number of hydrogen-bond acceptors (Lipinski definition) is 4. The van der Waals surface area contributed by atoms with Gasteiger partial charge in [0.2, 0.25) is 0 Å². The van der Waals surface area contributed by atoms with Crippen LogP contribution in [0.2, 0.25) is 0 Å². The van der Waals surface area contributed by atoms with Gasteiger partial charge in [0.15, 0.2) is 5.96 Å². The van der Waals surface area contributed by atoms with Crippen LogP contribution in [-0.4, -0.2) is 55.1 Å². The van der Waals surface area contributed by atoms with Crippen molar-refractivity contribution >= 4 is 47.0 Å². The molecule has 1 N–H and O–H groups in total. The van der Waals surface area contributed by atoms with Crippen molar-refractivity contribution in [1.29, 1.82) is 0 Å². The molecule has 3 rings (SSSR count). The van der Waals surface area contributed by atoms with Crippen molar-refractivity contribution in [3.8, 4) is 0 Å². The molecule has 2 aromatic rings. The van der Waals surface area contributed by atoms with Gasteiger partial charge >= 0.3 is 0 Å². The first kappa shape index (κ1) is 21.9. The standard InChI is InChI=1S/C20H29N5S.HI/c1-4-21-20(22-11-10-19-16(2)23-17(3)26-19)25-14-12-24(13-15-25)18-8-6-5-7-9-18;/h5-9H,4,10-15H2,1-3H3,(H,21,22);1H. The molecule has 1 aromatic carbocycles. The molecule has 5 nitrogen and oxygen atoms in total. The maximum absolute atomic E-state index is 4.87. The maximum Gasteiger partial charge on any atom is 0.194 e. The number of nitrogens with zero attached hydrogens (tertiary/aromatic N) is 4. The van der Waals surface area contributed by atoms with Crippen LogP contribution >= 0.6 is 35.3 Å². The Kier molecular flexibility index (Phi) is 8.82. The van der Waals surface area contributed by atoms with Gasteiger partial charge < -0.3 is 15.1 Å². The van der Waals surface area contributed by atoms with Gasteiger partial charge in [0, 0.05) is 56.3 Å². The smallest absolute Gasteiger partial charge is 0.194 e. The number of aryl methyl sites for hydroxylation is 2. The fraction of sp³-hybridized carbons (Fsp3) is 0.500. The molecule has 0 spiro atoms. The van der Waals surface area contributed by atoms with E-state index in [0.29, 0.717) is 0 Å². The van der Waals surface area contributed by atoms with E-state index in [4.69, 9.17) is 4.99 Å². The highest BCUT2D eigenvalue weighted by Crippen LogP contribution is 2.18. The van der Waals surface area contributed by atoms with E-state index in [9.17, 15) is 0 Å². The summed E-state index contributed by atoms with van der Waals surface area (Å²) in [5.74, 6) is 1.04. The van der Waals surface area contributed by atoms with E-state index in [2.05, 4.69) is 71.2 Å². The monoisotopic (exact) mass is 499 g/mol. The minimum Gasteiger partial charge on any atom is -0.368 e. The molecule has 1 aliphatic heterocycles. The highest BCUT2D eigenvalue weighted by molar-refractivity contribution is 14.0. The van der Waals surface area contributed by atoms with Gasteiger partial charge in [0.25, 0.3) is 0 Å². The Bertz CT molecular complexity index is 723. The number of aromatic nitrogens is 1.